The van der Waals surface area contributed by atoms with E-state index >= 15 is 0 Å². The summed E-state index contributed by atoms with van der Waals surface area (Å²) in [4.78, 5) is 15.5. The Morgan fingerprint density at radius 2 is 2.26 bits per heavy atom. The van der Waals surface area contributed by atoms with Gasteiger partial charge in [-0.15, -0.1) is 0 Å². The number of aromatic nitrogens is 3. The van der Waals surface area contributed by atoms with Gasteiger partial charge in [0, 0.05) is 29.6 Å². The molecule has 0 N–H and O–H groups in total. The Morgan fingerprint density at radius 3 is 2.89 bits per heavy atom. The van der Waals surface area contributed by atoms with E-state index in [1.807, 2.05) is 20.0 Å². The van der Waals surface area contributed by atoms with E-state index in [1.165, 1.54) is 18.9 Å². The molecule has 100 valence electrons. The number of thioether (sulfide) groups is 1. The Bertz CT molecular complexity index is 639. The maximum Gasteiger partial charge on any atom is 0.273 e. The minimum Gasteiger partial charge on any atom is -0.361 e. The van der Waals surface area contributed by atoms with Crippen LogP contribution in [0.5, 0.6) is 0 Å². The van der Waals surface area contributed by atoms with Crippen molar-refractivity contribution in [2.24, 2.45) is 0 Å². The average molecular weight is 277 g/mol. The second kappa shape index (κ2) is 4.85. The normalized spacial score (nSPS) is 14.8. The highest BCUT2D eigenvalue weighted by Crippen LogP contribution is 2.37. The summed E-state index contributed by atoms with van der Waals surface area (Å²) in [5.41, 5.74) is 1.81. The van der Waals surface area contributed by atoms with Gasteiger partial charge in [-0.2, -0.15) is 4.98 Å². The van der Waals surface area contributed by atoms with Crippen molar-refractivity contribution in [3.05, 3.63) is 39.6 Å². The first-order valence-electron chi connectivity index (χ1n) is 6.29. The van der Waals surface area contributed by atoms with Crippen molar-refractivity contribution in [2.45, 2.75) is 43.6 Å². The lowest BCUT2D eigenvalue weighted by atomic mass is 10.2. The summed E-state index contributed by atoms with van der Waals surface area (Å²) in [7, 11) is 0. The minimum absolute atomic E-state index is 0.182. The van der Waals surface area contributed by atoms with Gasteiger partial charge >= 0.3 is 0 Å². The van der Waals surface area contributed by atoms with Crippen LogP contribution in [0.3, 0.4) is 0 Å². The molecule has 0 radical (unpaired) electrons. The number of nitrogens with zero attached hydrogens (tertiary/aromatic N) is 3. The third-order valence-electron chi connectivity index (χ3n) is 3.27. The molecule has 6 heteroatoms. The molecule has 3 rings (SSSR count). The van der Waals surface area contributed by atoms with Crippen molar-refractivity contribution in [1.29, 1.82) is 0 Å². The number of hydrogen-bond donors (Lipinski definition) is 0. The molecule has 1 aliphatic rings. The SMILES string of the molecule is Cc1noc(C)c1CSc1nc(=O)ccn1C1CC1. The first kappa shape index (κ1) is 12.5. The molecule has 0 atom stereocenters. The van der Waals surface area contributed by atoms with Gasteiger partial charge in [0.05, 0.1) is 5.69 Å². The molecule has 2 heterocycles. The Kier molecular flexibility index (Phi) is 3.18. The summed E-state index contributed by atoms with van der Waals surface area (Å²) in [6.07, 6.45) is 4.19. The molecule has 1 fully saturated rings. The molecule has 2 aromatic rings. The summed E-state index contributed by atoms with van der Waals surface area (Å²) in [5, 5.41) is 4.73. The predicted molar refractivity (Wildman–Crippen MR) is 72.3 cm³/mol. The van der Waals surface area contributed by atoms with Gasteiger partial charge in [0.2, 0.25) is 0 Å². The largest absolute Gasteiger partial charge is 0.361 e. The van der Waals surface area contributed by atoms with Crippen LogP contribution >= 0.6 is 11.8 Å². The zero-order valence-corrected chi connectivity index (χ0v) is 11.7. The number of hydrogen-bond acceptors (Lipinski definition) is 5. The average Bonchev–Trinajstić information content (AvgIpc) is 3.16. The van der Waals surface area contributed by atoms with Gasteiger partial charge in [-0.1, -0.05) is 16.9 Å². The summed E-state index contributed by atoms with van der Waals surface area (Å²) >= 11 is 1.57. The lowest BCUT2D eigenvalue weighted by Gasteiger charge is -2.09. The molecule has 0 aliphatic heterocycles. The third-order valence-corrected chi connectivity index (χ3v) is 4.26. The standard InChI is InChI=1S/C13H15N3O2S/c1-8-11(9(2)18-15-8)7-19-13-14-12(17)5-6-16(13)10-3-4-10/h5-6,10H,3-4,7H2,1-2H3. The number of aryl methyl sites for hydroxylation is 2. The summed E-state index contributed by atoms with van der Waals surface area (Å²) in [6.45, 7) is 3.83. The lowest BCUT2D eigenvalue weighted by Crippen LogP contribution is -2.12. The molecule has 2 aromatic heterocycles. The summed E-state index contributed by atoms with van der Waals surface area (Å²) < 4.78 is 7.25. The van der Waals surface area contributed by atoms with Gasteiger partial charge < -0.3 is 9.09 Å². The lowest BCUT2D eigenvalue weighted by molar-refractivity contribution is 0.392. The van der Waals surface area contributed by atoms with Crippen LogP contribution < -0.4 is 5.56 Å². The van der Waals surface area contributed by atoms with Crippen molar-refractivity contribution in [1.82, 2.24) is 14.7 Å². The minimum atomic E-state index is -0.182. The Labute approximate surface area is 115 Å². The molecule has 0 spiro atoms. The summed E-state index contributed by atoms with van der Waals surface area (Å²) in [6, 6.07) is 2.04. The zero-order chi connectivity index (χ0) is 13.4. The fourth-order valence-corrected chi connectivity index (χ4v) is 3.18. The van der Waals surface area contributed by atoms with Crippen LogP contribution in [0.2, 0.25) is 0 Å². The van der Waals surface area contributed by atoms with Crippen LogP contribution in [0.1, 0.15) is 35.9 Å². The highest BCUT2D eigenvalue weighted by atomic mass is 32.2. The number of rotatable bonds is 4. The van der Waals surface area contributed by atoms with E-state index in [0.717, 1.165) is 27.9 Å². The smallest absolute Gasteiger partial charge is 0.273 e. The van der Waals surface area contributed by atoms with E-state index in [0.29, 0.717) is 6.04 Å². The van der Waals surface area contributed by atoms with Gasteiger partial charge in [0.15, 0.2) is 5.16 Å². The Hall–Kier alpha value is -1.56. The first-order valence-corrected chi connectivity index (χ1v) is 7.27. The van der Waals surface area contributed by atoms with E-state index in [-0.39, 0.29) is 5.56 Å². The molecular weight excluding hydrogens is 262 g/mol. The molecule has 1 aliphatic carbocycles. The fraction of sp³-hybridized carbons (Fsp3) is 0.462. The van der Waals surface area contributed by atoms with E-state index in [4.69, 9.17) is 4.52 Å². The van der Waals surface area contributed by atoms with Crippen molar-refractivity contribution in [3.63, 3.8) is 0 Å². The van der Waals surface area contributed by atoms with Crippen molar-refractivity contribution < 1.29 is 4.52 Å². The van der Waals surface area contributed by atoms with Crippen LogP contribution in [-0.2, 0) is 5.75 Å². The summed E-state index contributed by atoms with van der Waals surface area (Å²) in [5.74, 6) is 1.56. The maximum atomic E-state index is 11.4. The molecule has 1 saturated carbocycles. The molecule has 0 saturated heterocycles. The van der Waals surface area contributed by atoms with Crippen LogP contribution in [0, 0.1) is 13.8 Å². The van der Waals surface area contributed by atoms with E-state index in [9.17, 15) is 4.79 Å². The maximum absolute atomic E-state index is 11.4. The highest BCUT2D eigenvalue weighted by molar-refractivity contribution is 7.98. The van der Waals surface area contributed by atoms with Gasteiger partial charge in [-0.05, 0) is 26.7 Å². The van der Waals surface area contributed by atoms with E-state index < -0.39 is 0 Å². The van der Waals surface area contributed by atoms with Crippen LogP contribution in [0.25, 0.3) is 0 Å². The highest BCUT2D eigenvalue weighted by Gasteiger charge is 2.25. The topological polar surface area (TPSA) is 60.9 Å². The van der Waals surface area contributed by atoms with Gasteiger partial charge in [-0.3, -0.25) is 4.79 Å². The molecule has 0 bridgehead atoms. The monoisotopic (exact) mass is 277 g/mol. The van der Waals surface area contributed by atoms with E-state index in [1.54, 1.807) is 11.8 Å². The Balaban J connectivity index is 1.83. The van der Waals surface area contributed by atoms with Gasteiger partial charge in [-0.25, -0.2) is 0 Å². The third kappa shape index (κ3) is 2.58. The van der Waals surface area contributed by atoms with Crippen molar-refractivity contribution in [3.8, 4) is 0 Å². The fourth-order valence-electron chi connectivity index (χ4n) is 1.98. The molecule has 19 heavy (non-hydrogen) atoms. The Morgan fingerprint density at radius 1 is 1.47 bits per heavy atom. The molecule has 0 unspecified atom stereocenters. The van der Waals surface area contributed by atoms with Crippen LogP contribution in [-0.4, -0.2) is 14.7 Å². The second-order valence-electron chi connectivity index (χ2n) is 4.78. The first-order chi connectivity index (χ1) is 9.15. The quantitative estimate of drug-likeness (QED) is 0.634. The molecule has 0 aromatic carbocycles. The van der Waals surface area contributed by atoms with Crippen molar-refractivity contribution in [2.75, 3.05) is 0 Å². The van der Waals surface area contributed by atoms with Gasteiger partial charge in [0.25, 0.3) is 5.56 Å². The molecular formula is C13H15N3O2S. The van der Waals surface area contributed by atoms with Gasteiger partial charge in [0.1, 0.15) is 5.76 Å². The van der Waals surface area contributed by atoms with Crippen LogP contribution in [0.4, 0.5) is 0 Å². The van der Waals surface area contributed by atoms with Crippen LogP contribution in [0.15, 0.2) is 26.7 Å². The van der Waals surface area contributed by atoms with Crippen molar-refractivity contribution >= 4 is 11.8 Å². The van der Waals surface area contributed by atoms with E-state index in [2.05, 4.69) is 14.7 Å². The molecule has 0 amide bonds. The zero-order valence-electron chi connectivity index (χ0n) is 10.9. The molecule has 5 nitrogen and oxygen atoms in total. The second-order valence-corrected chi connectivity index (χ2v) is 5.72. The predicted octanol–water partition coefficient (Wildman–Crippen LogP) is 2.48.